The lowest BCUT2D eigenvalue weighted by atomic mass is 9.96. The second-order valence-corrected chi connectivity index (χ2v) is 6.30. The molecular formula is C17H23NO4. The molecule has 5 nitrogen and oxygen atoms in total. The van der Waals surface area contributed by atoms with Gasteiger partial charge in [0.05, 0.1) is 12.0 Å². The molecule has 1 aliphatic heterocycles. The number of carbonyl (C=O) groups is 1. The summed E-state index contributed by atoms with van der Waals surface area (Å²) in [4.78, 5) is 11.0. The van der Waals surface area contributed by atoms with Gasteiger partial charge in [0.25, 0.3) is 0 Å². The second-order valence-electron chi connectivity index (χ2n) is 6.30. The van der Waals surface area contributed by atoms with Gasteiger partial charge in [-0.3, -0.25) is 4.79 Å². The number of aryl methyl sites for hydroxylation is 1. The number of benzene rings is 1. The Morgan fingerprint density at radius 3 is 2.91 bits per heavy atom. The Hall–Kier alpha value is -1.59. The molecule has 1 aliphatic carbocycles. The largest absolute Gasteiger partial charge is 0.491 e. The lowest BCUT2D eigenvalue weighted by Gasteiger charge is -2.33. The third-order valence-corrected chi connectivity index (χ3v) is 4.84. The van der Waals surface area contributed by atoms with Gasteiger partial charge in [-0.05, 0) is 37.3 Å². The summed E-state index contributed by atoms with van der Waals surface area (Å²) in [5, 5.41) is 23.0. The standard InChI is InChI=1S/C17H23NO4/c1-2-10-3-6-13-15(7-10)22-9-14(16(13)19)18-12-5-4-11(8-12)17(20)21/h3,6-7,11-12,14,16,18-19H,2,4-5,8-9H2,1H3,(H,20,21)/t11?,12?,14-,16+/m1/s1. The average molecular weight is 305 g/mol. The van der Waals surface area contributed by atoms with Gasteiger partial charge >= 0.3 is 5.97 Å². The Bertz CT molecular complexity index is 560. The minimum atomic E-state index is -0.720. The number of rotatable bonds is 4. The van der Waals surface area contributed by atoms with Crippen LogP contribution in [0.5, 0.6) is 5.75 Å². The Morgan fingerprint density at radius 2 is 2.23 bits per heavy atom. The molecule has 2 unspecified atom stereocenters. The summed E-state index contributed by atoms with van der Waals surface area (Å²) in [6, 6.07) is 5.90. The molecular weight excluding hydrogens is 282 g/mol. The topological polar surface area (TPSA) is 78.8 Å². The van der Waals surface area contributed by atoms with E-state index in [1.54, 1.807) is 0 Å². The average Bonchev–Trinajstić information content (AvgIpc) is 2.98. The molecule has 1 fully saturated rings. The molecule has 0 bridgehead atoms. The fourth-order valence-corrected chi connectivity index (χ4v) is 3.45. The molecule has 1 saturated carbocycles. The van der Waals surface area contributed by atoms with Crippen molar-refractivity contribution in [2.24, 2.45) is 5.92 Å². The molecule has 3 N–H and O–H groups in total. The quantitative estimate of drug-likeness (QED) is 0.791. The van der Waals surface area contributed by atoms with E-state index >= 15 is 0 Å². The van der Waals surface area contributed by atoms with E-state index in [-0.39, 0.29) is 18.0 Å². The molecule has 0 aromatic heterocycles. The second kappa shape index (κ2) is 6.26. The number of hydrogen-bond acceptors (Lipinski definition) is 4. The van der Waals surface area contributed by atoms with Crippen LogP contribution in [0.15, 0.2) is 18.2 Å². The molecule has 0 spiro atoms. The van der Waals surface area contributed by atoms with Crippen molar-refractivity contribution in [3.63, 3.8) is 0 Å². The zero-order valence-corrected chi connectivity index (χ0v) is 12.8. The zero-order chi connectivity index (χ0) is 15.7. The molecule has 2 aliphatic rings. The molecule has 1 aromatic rings. The van der Waals surface area contributed by atoms with Gasteiger partial charge in [-0.2, -0.15) is 0 Å². The summed E-state index contributed by atoms with van der Waals surface area (Å²) in [5.74, 6) is -0.222. The Kier molecular flexibility index (Phi) is 4.36. The van der Waals surface area contributed by atoms with Crippen molar-refractivity contribution in [1.82, 2.24) is 5.32 Å². The monoisotopic (exact) mass is 305 g/mol. The van der Waals surface area contributed by atoms with Gasteiger partial charge in [0.1, 0.15) is 18.5 Å². The number of carboxylic acid groups (broad SMARTS) is 1. The van der Waals surface area contributed by atoms with Crippen molar-refractivity contribution in [1.29, 1.82) is 0 Å². The summed E-state index contributed by atoms with van der Waals surface area (Å²) >= 11 is 0. The van der Waals surface area contributed by atoms with Gasteiger partial charge in [0, 0.05) is 11.6 Å². The summed E-state index contributed by atoms with van der Waals surface area (Å²) in [7, 11) is 0. The number of carboxylic acids is 1. The molecule has 4 atom stereocenters. The smallest absolute Gasteiger partial charge is 0.306 e. The van der Waals surface area contributed by atoms with E-state index in [4.69, 9.17) is 9.84 Å². The number of nitrogens with one attached hydrogen (secondary N) is 1. The number of aliphatic carboxylic acids is 1. The van der Waals surface area contributed by atoms with Crippen molar-refractivity contribution in [2.45, 2.75) is 50.8 Å². The molecule has 5 heteroatoms. The fraction of sp³-hybridized carbons (Fsp3) is 0.588. The highest BCUT2D eigenvalue weighted by Crippen LogP contribution is 2.34. The summed E-state index contributed by atoms with van der Waals surface area (Å²) in [6.45, 7) is 2.50. The van der Waals surface area contributed by atoms with Crippen molar-refractivity contribution in [3.05, 3.63) is 29.3 Å². The van der Waals surface area contributed by atoms with Crippen LogP contribution < -0.4 is 10.1 Å². The first kappa shape index (κ1) is 15.3. The van der Waals surface area contributed by atoms with Crippen LogP contribution in [0.4, 0.5) is 0 Å². The van der Waals surface area contributed by atoms with Crippen LogP contribution in [0.2, 0.25) is 0 Å². The first-order valence-corrected chi connectivity index (χ1v) is 8.01. The zero-order valence-electron chi connectivity index (χ0n) is 12.8. The number of aliphatic hydroxyl groups is 1. The van der Waals surface area contributed by atoms with Crippen LogP contribution in [0, 0.1) is 5.92 Å². The number of aliphatic hydroxyl groups excluding tert-OH is 1. The highest BCUT2D eigenvalue weighted by molar-refractivity contribution is 5.70. The molecule has 3 rings (SSSR count). The van der Waals surface area contributed by atoms with Crippen LogP contribution in [-0.2, 0) is 11.2 Å². The molecule has 0 amide bonds. The third-order valence-electron chi connectivity index (χ3n) is 4.84. The van der Waals surface area contributed by atoms with Crippen molar-refractivity contribution >= 4 is 5.97 Å². The van der Waals surface area contributed by atoms with Crippen LogP contribution in [0.25, 0.3) is 0 Å². The Balaban J connectivity index is 1.66. The van der Waals surface area contributed by atoms with Crippen molar-refractivity contribution in [3.8, 4) is 5.75 Å². The highest BCUT2D eigenvalue weighted by Gasteiger charge is 2.35. The first-order valence-electron chi connectivity index (χ1n) is 8.01. The normalized spacial score (nSPS) is 30.6. The third kappa shape index (κ3) is 2.96. The molecule has 0 radical (unpaired) electrons. The van der Waals surface area contributed by atoms with Crippen molar-refractivity contribution in [2.75, 3.05) is 6.61 Å². The van der Waals surface area contributed by atoms with Crippen molar-refractivity contribution < 1.29 is 19.7 Å². The Morgan fingerprint density at radius 1 is 1.41 bits per heavy atom. The van der Waals surface area contributed by atoms with E-state index < -0.39 is 12.1 Å². The van der Waals surface area contributed by atoms with Gasteiger partial charge < -0.3 is 20.3 Å². The summed E-state index contributed by atoms with van der Waals surface area (Å²) in [6.07, 6.45) is 2.49. The predicted octanol–water partition coefficient (Wildman–Crippen LogP) is 1.89. The first-order chi connectivity index (χ1) is 10.6. The number of ether oxygens (including phenoxy) is 1. The highest BCUT2D eigenvalue weighted by atomic mass is 16.5. The van der Waals surface area contributed by atoms with E-state index in [0.717, 1.165) is 24.2 Å². The maximum atomic E-state index is 11.0. The van der Waals surface area contributed by atoms with Crippen LogP contribution in [0.3, 0.4) is 0 Å². The Labute approximate surface area is 130 Å². The minimum absolute atomic E-state index is 0.140. The van der Waals surface area contributed by atoms with E-state index in [0.29, 0.717) is 19.4 Å². The van der Waals surface area contributed by atoms with Gasteiger partial charge in [0.2, 0.25) is 0 Å². The van der Waals surface area contributed by atoms with Gasteiger partial charge in [0.15, 0.2) is 0 Å². The van der Waals surface area contributed by atoms with Crippen LogP contribution in [0.1, 0.15) is 43.4 Å². The van der Waals surface area contributed by atoms with Gasteiger partial charge in [-0.1, -0.05) is 19.1 Å². The lowest BCUT2D eigenvalue weighted by molar-refractivity contribution is -0.141. The molecule has 1 heterocycles. The van der Waals surface area contributed by atoms with E-state index in [2.05, 4.69) is 12.2 Å². The maximum absolute atomic E-state index is 11.0. The van der Waals surface area contributed by atoms with Gasteiger partial charge in [-0.25, -0.2) is 0 Å². The van der Waals surface area contributed by atoms with Crippen LogP contribution in [-0.4, -0.2) is 34.9 Å². The van der Waals surface area contributed by atoms with E-state index in [1.807, 2.05) is 18.2 Å². The summed E-state index contributed by atoms with van der Waals surface area (Å²) in [5.41, 5.74) is 2.01. The SMILES string of the molecule is CCc1ccc2c(c1)OC[C@@H](NC1CCC(C(=O)O)C1)[C@H]2O. The number of fused-ring (bicyclic) bond motifs is 1. The minimum Gasteiger partial charge on any atom is -0.491 e. The predicted molar refractivity (Wildman–Crippen MR) is 82.0 cm³/mol. The maximum Gasteiger partial charge on any atom is 0.306 e. The van der Waals surface area contributed by atoms with Crippen LogP contribution >= 0.6 is 0 Å². The summed E-state index contributed by atoms with van der Waals surface area (Å²) < 4.78 is 5.79. The number of hydrogen-bond donors (Lipinski definition) is 3. The van der Waals surface area contributed by atoms with E-state index in [1.165, 1.54) is 5.56 Å². The molecule has 120 valence electrons. The molecule has 0 saturated heterocycles. The lowest BCUT2D eigenvalue weighted by Crippen LogP contribution is -2.46. The fourth-order valence-electron chi connectivity index (χ4n) is 3.45. The molecule has 1 aromatic carbocycles. The molecule has 22 heavy (non-hydrogen) atoms. The van der Waals surface area contributed by atoms with Gasteiger partial charge in [-0.15, -0.1) is 0 Å². The van der Waals surface area contributed by atoms with E-state index in [9.17, 15) is 9.90 Å².